The molecule has 0 spiro atoms. The second-order valence-electron chi connectivity index (χ2n) is 4.21. The van der Waals surface area contributed by atoms with Crippen molar-refractivity contribution in [2.75, 3.05) is 5.32 Å². The number of aromatic nitrogens is 1. The number of hydrogen-bond donors (Lipinski definition) is 2. The van der Waals surface area contributed by atoms with Crippen molar-refractivity contribution in [3.05, 3.63) is 58.3 Å². The molecule has 1 aromatic carbocycles. The summed E-state index contributed by atoms with van der Waals surface area (Å²) < 4.78 is 0.892. The minimum atomic E-state index is 0.177. The van der Waals surface area contributed by atoms with E-state index in [0.29, 0.717) is 4.99 Å². The summed E-state index contributed by atoms with van der Waals surface area (Å²) in [7, 11) is 0. The van der Waals surface area contributed by atoms with Crippen molar-refractivity contribution in [3.8, 4) is 0 Å². The highest BCUT2D eigenvalue weighted by Gasteiger charge is 2.07. The van der Waals surface area contributed by atoms with Crippen LogP contribution in [0.5, 0.6) is 0 Å². The molecule has 0 radical (unpaired) electrons. The van der Waals surface area contributed by atoms with E-state index in [1.165, 1.54) is 0 Å². The smallest absolute Gasteiger partial charge is 0.105 e. The molecule has 2 aromatic rings. The zero-order valence-corrected chi connectivity index (χ0v) is 12.8. The highest BCUT2D eigenvalue weighted by Crippen LogP contribution is 2.24. The lowest BCUT2D eigenvalue weighted by atomic mass is 10.1. The summed E-state index contributed by atoms with van der Waals surface area (Å²) in [5.41, 5.74) is 8.61. The maximum absolute atomic E-state index is 5.63. The highest BCUT2D eigenvalue weighted by atomic mass is 79.9. The lowest BCUT2D eigenvalue weighted by Crippen LogP contribution is -2.11. The number of nitrogens with one attached hydrogen (secondary N) is 1. The van der Waals surface area contributed by atoms with Gasteiger partial charge < -0.3 is 11.1 Å². The third-order valence-electron chi connectivity index (χ3n) is 2.80. The Balaban J connectivity index is 2.16. The van der Waals surface area contributed by atoms with Crippen molar-refractivity contribution < 1.29 is 0 Å². The summed E-state index contributed by atoms with van der Waals surface area (Å²) in [5.74, 6) is 0. The molecule has 0 fully saturated rings. The molecule has 98 valence electrons. The molecule has 2 rings (SSSR count). The van der Waals surface area contributed by atoms with Gasteiger partial charge in [0.1, 0.15) is 4.99 Å². The Morgan fingerprint density at radius 2 is 2.21 bits per heavy atom. The highest BCUT2D eigenvalue weighted by molar-refractivity contribution is 9.10. The number of nitrogens with zero attached hydrogens (tertiary/aromatic N) is 1. The van der Waals surface area contributed by atoms with E-state index in [9.17, 15) is 0 Å². The zero-order chi connectivity index (χ0) is 13.8. The van der Waals surface area contributed by atoms with E-state index < -0.39 is 0 Å². The Kier molecular flexibility index (Phi) is 4.50. The Hall–Kier alpha value is -1.46. The summed E-state index contributed by atoms with van der Waals surface area (Å²) in [6, 6.07) is 10.00. The van der Waals surface area contributed by atoms with Gasteiger partial charge in [-0.25, -0.2) is 0 Å². The van der Waals surface area contributed by atoms with E-state index in [2.05, 4.69) is 33.2 Å². The van der Waals surface area contributed by atoms with Crippen LogP contribution in [-0.4, -0.2) is 9.97 Å². The summed E-state index contributed by atoms with van der Waals surface area (Å²) in [5, 5.41) is 3.41. The van der Waals surface area contributed by atoms with E-state index >= 15 is 0 Å². The van der Waals surface area contributed by atoms with Crippen LogP contribution in [0, 0.1) is 0 Å². The number of nitrogens with two attached hydrogens (primary N) is 1. The number of benzene rings is 1. The standard InChI is InChI=1S/C14H14BrN3S/c1-9(10-3-2-6-17-8-10)18-11-4-5-12(14(16)19)13(15)7-11/h2-9,18H,1H3,(H2,16,19). The third kappa shape index (κ3) is 3.52. The molecule has 0 aliphatic rings. The molecular formula is C14H14BrN3S. The van der Waals surface area contributed by atoms with Crippen LogP contribution in [-0.2, 0) is 0 Å². The van der Waals surface area contributed by atoms with E-state index in [-0.39, 0.29) is 6.04 Å². The predicted octanol–water partition coefficient (Wildman–Crippen LogP) is 3.65. The molecule has 0 bridgehead atoms. The van der Waals surface area contributed by atoms with Crippen LogP contribution < -0.4 is 11.1 Å². The van der Waals surface area contributed by atoms with Crippen LogP contribution in [0.4, 0.5) is 5.69 Å². The fourth-order valence-corrected chi connectivity index (χ4v) is 2.67. The van der Waals surface area contributed by atoms with Gasteiger partial charge in [-0.1, -0.05) is 18.3 Å². The largest absolute Gasteiger partial charge is 0.389 e. The van der Waals surface area contributed by atoms with E-state index in [0.717, 1.165) is 21.3 Å². The number of thiocarbonyl (C=S) groups is 1. The molecule has 0 amide bonds. The van der Waals surface area contributed by atoms with Crippen molar-refractivity contribution in [2.24, 2.45) is 5.73 Å². The fraction of sp³-hybridized carbons (Fsp3) is 0.143. The summed E-state index contributed by atoms with van der Waals surface area (Å²) in [4.78, 5) is 4.51. The molecular weight excluding hydrogens is 322 g/mol. The number of hydrogen-bond acceptors (Lipinski definition) is 3. The van der Waals surface area contributed by atoms with Crippen LogP contribution >= 0.6 is 28.1 Å². The van der Waals surface area contributed by atoms with Crippen molar-refractivity contribution in [1.82, 2.24) is 4.98 Å². The number of pyridine rings is 1. The molecule has 1 atom stereocenters. The second kappa shape index (κ2) is 6.12. The van der Waals surface area contributed by atoms with E-state index in [1.54, 1.807) is 6.20 Å². The molecule has 0 saturated heterocycles. The Morgan fingerprint density at radius 3 is 2.79 bits per heavy atom. The molecule has 3 N–H and O–H groups in total. The summed E-state index contributed by atoms with van der Waals surface area (Å²) in [6.07, 6.45) is 3.62. The Labute approximate surface area is 126 Å². The summed E-state index contributed by atoms with van der Waals surface area (Å²) in [6.45, 7) is 2.09. The van der Waals surface area contributed by atoms with Crippen LogP contribution in [0.25, 0.3) is 0 Å². The minimum absolute atomic E-state index is 0.177. The maximum atomic E-state index is 5.63. The van der Waals surface area contributed by atoms with Crippen molar-refractivity contribution in [3.63, 3.8) is 0 Å². The average molecular weight is 336 g/mol. The maximum Gasteiger partial charge on any atom is 0.105 e. The first kappa shape index (κ1) is 14.0. The van der Waals surface area contributed by atoms with Crippen LogP contribution in [0.2, 0.25) is 0 Å². The van der Waals surface area contributed by atoms with Gasteiger partial charge in [0.2, 0.25) is 0 Å². The monoisotopic (exact) mass is 335 g/mol. The van der Waals surface area contributed by atoms with Gasteiger partial charge in [0.25, 0.3) is 0 Å². The first-order valence-electron chi connectivity index (χ1n) is 5.83. The summed E-state index contributed by atoms with van der Waals surface area (Å²) >= 11 is 8.45. The van der Waals surface area contributed by atoms with Crippen molar-refractivity contribution >= 4 is 38.8 Å². The van der Waals surface area contributed by atoms with Gasteiger partial charge in [0.05, 0.1) is 6.04 Å². The third-order valence-corrected chi connectivity index (χ3v) is 3.68. The Morgan fingerprint density at radius 1 is 1.42 bits per heavy atom. The van der Waals surface area contributed by atoms with Crippen molar-refractivity contribution in [1.29, 1.82) is 0 Å². The molecule has 1 heterocycles. The topological polar surface area (TPSA) is 50.9 Å². The van der Waals surface area contributed by atoms with E-state index in [4.69, 9.17) is 18.0 Å². The molecule has 19 heavy (non-hydrogen) atoms. The molecule has 0 aliphatic carbocycles. The van der Waals surface area contributed by atoms with Gasteiger partial charge in [-0.05, 0) is 52.7 Å². The van der Waals surface area contributed by atoms with Gasteiger partial charge in [-0.15, -0.1) is 0 Å². The molecule has 3 nitrogen and oxygen atoms in total. The average Bonchev–Trinajstić information content (AvgIpc) is 2.39. The van der Waals surface area contributed by atoms with Gasteiger partial charge in [0, 0.05) is 28.1 Å². The zero-order valence-electron chi connectivity index (χ0n) is 10.4. The Bertz CT molecular complexity index is 586. The molecule has 0 saturated carbocycles. The fourth-order valence-electron chi connectivity index (χ4n) is 1.77. The molecule has 1 aromatic heterocycles. The van der Waals surface area contributed by atoms with Crippen LogP contribution in [0.1, 0.15) is 24.1 Å². The van der Waals surface area contributed by atoms with Crippen LogP contribution in [0.15, 0.2) is 47.2 Å². The van der Waals surface area contributed by atoms with E-state index in [1.807, 2.05) is 36.5 Å². The van der Waals surface area contributed by atoms with Gasteiger partial charge >= 0.3 is 0 Å². The van der Waals surface area contributed by atoms with Crippen molar-refractivity contribution in [2.45, 2.75) is 13.0 Å². The first-order chi connectivity index (χ1) is 9.08. The molecule has 5 heteroatoms. The van der Waals surface area contributed by atoms with Gasteiger partial charge in [0.15, 0.2) is 0 Å². The molecule has 1 unspecified atom stereocenters. The second-order valence-corrected chi connectivity index (χ2v) is 5.51. The number of halogens is 1. The normalized spacial score (nSPS) is 11.9. The number of anilines is 1. The van der Waals surface area contributed by atoms with Gasteiger partial charge in [-0.2, -0.15) is 0 Å². The lowest BCUT2D eigenvalue weighted by Gasteiger charge is -2.16. The molecule has 0 aliphatic heterocycles. The number of rotatable bonds is 4. The van der Waals surface area contributed by atoms with Crippen LogP contribution in [0.3, 0.4) is 0 Å². The quantitative estimate of drug-likeness (QED) is 0.837. The SMILES string of the molecule is CC(Nc1ccc(C(N)=S)c(Br)c1)c1cccnc1. The first-order valence-corrected chi connectivity index (χ1v) is 7.04. The predicted molar refractivity (Wildman–Crippen MR) is 86.3 cm³/mol. The van der Waals surface area contributed by atoms with Gasteiger partial charge in [-0.3, -0.25) is 4.98 Å². The minimum Gasteiger partial charge on any atom is -0.389 e. The lowest BCUT2D eigenvalue weighted by molar-refractivity contribution is 0.875.